The molecule has 13 heavy (non-hydrogen) atoms. The molecule has 1 atom stereocenters. The van der Waals surface area contributed by atoms with Crippen molar-refractivity contribution < 1.29 is 4.74 Å². The zero-order valence-corrected chi connectivity index (χ0v) is 8.97. The molecule has 0 aliphatic rings. The first kappa shape index (κ1) is 12.6. The topological polar surface area (TPSA) is 47.3 Å². The van der Waals surface area contributed by atoms with Crippen molar-refractivity contribution in [1.29, 1.82) is 0 Å². The van der Waals surface area contributed by atoms with E-state index in [0.717, 1.165) is 6.54 Å². The van der Waals surface area contributed by atoms with Gasteiger partial charge >= 0.3 is 0 Å². The number of rotatable bonds is 7. The van der Waals surface area contributed by atoms with E-state index >= 15 is 0 Å². The fraction of sp³-hybridized carbons (Fsp3) is 0.800. The van der Waals surface area contributed by atoms with Gasteiger partial charge in [0.15, 0.2) is 0 Å². The van der Waals surface area contributed by atoms with Gasteiger partial charge in [-0.15, -0.1) is 6.58 Å². The van der Waals surface area contributed by atoms with E-state index in [4.69, 9.17) is 10.5 Å². The van der Waals surface area contributed by atoms with Crippen LogP contribution in [0.2, 0.25) is 0 Å². The molecule has 0 bridgehead atoms. The van der Waals surface area contributed by atoms with Gasteiger partial charge in [-0.05, 0) is 5.92 Å². The van der Waals surface area contributed by atoms with Crippen molar-refractivity contribution in [2.75, 3.05) is 26.8 Å². The highest BCUT2D eigenvalue weighted by Gasteiger charge is 2.31. The average Bonchev–Trinajstić information content (AvgIpc) is 2.12. The van der Waals surface area contributed by atoms with Crippen LogP contribution in [0.3, 0.4) is 0 Å². The van der Waals surface area contributed by atoms with E-state index in [9.17, 15) is 0 Å². The summed E-state index contributed by atoms with van der Waals surface area (Å²) in [5, 5.41) is 3.36. The molecule has 0 fully saturated rings. The van der Waals surface area contributed by atoms with Crippen molar-refractivity contribution in [3.8, 4) is 0 Å². The summed E-state index contributed by atoms with van der Waals surface area (Å²) in [5.74, 6) is 0.442. The molecule has 0 saturated carbocycles. The summed E-state index contributed by atoms with van der Waals surface area (Å²) >= 11 is 0. The zero-order valence-electron chi connectivity index (χ0n) is 8.97. The van der Waals surface area contributed by atoms with Crippen molar-refractivity contribution in [2.45, 2.75) is 19.4 Å². The standard InChI is InChI=1S/C10H22N2O/c1-5-6-12-10(7-11,8-13-4)9(2)3/h5,9,12H,1,6-8,11H2,2-4H3. The molecular formula is C10H22N2O. The van der Waals surface area contributed by atoms with Gasteiger partial charge in [-0.25, -0.2) is 0 Å². The lowest BCUT2D eigenvalue weighted by Gasteiger charge is -2.36. The van der Waals surface area contributed by atoms with E-state index in [1.54, 1.807) is 7.11 Å². The normalized spacial score (nSPS) is 15.8. The molecule has 1 unspecified atom stereocenters. The third-order valence-electron chi connectivity index (χ3n) is 2.47. The molecule has 0 heterocycles. The van der Waals surface area contributed by atoms with Crippen LogP contribution in [0.5, 0.6) is 0 Å². The van der Waals surface area contributed by atoms with Gasteiger partial charge in [-0.2, -0.15) is 0 Å². The van der Waals surface area contributed by atoms with Crippen molar-refractivity contribution in [1.82, 2.24) is 5.32 Å². The molecule has 0 aromatic heterocycles. The maximum atomic E-state index is 5.76. The molecule has 0 rings (SSSR count). The SMILES string of the molecule is C=CCNC(CN)(COC)C(C)C. The molecule has 3 heteroatoms. The monoisotopic (exact) mass is 186 g/mol. The van der Waals surface area contributed by atoms with Gasteiger partial charge in [-0.3, -0.25) is 0 Å². The van der Waals surface area contributed by atoms with E-state index in [-0.39, 0.29) is 5.54 Å². The first-order valence-electron chi connectivity index (χ1n) is 4.68. The van der Waals surface area contributed by atoms with Crippen molar-refractivity contribution in [3.63, 3.8) is 0 Å². The molecule has 0 aliphatic heterocycles. The summed E-state index contributed by atoms with van der Waals surface area (Å²) in [4.78, 5) is 0. The van der Waals surface area contributed by atoms with Crippen molar-refractivity contribution >= 4 is 0 Å². The van der Waals surface area contributed by atoms with Gasteiger partial charge < -0.3 is 15.8 Å². The molecule has 3 nitrogen and oxygen atoms in total. The third kappa shape index (κ3) is 3.46. The molecule has 0 spiro atoms. The highest BCUT2D eigenvalue weighted by molar-refractivity contribution is 4.94. The summed E-state index contributed by atoms with van der Waals surface area (Å²) in [6, 6.07) is 0. The minimum Gasteiger partial charge on any atom is -0.383 e. The Balaban J connectivity index is 4.34. The summed E-state index contributed by atoms with van der Waals surface area (Å²) in [6.07, 6.45) is 1.84. The second-order valence-electron chi connectivity index (χ2n) is 3.62. The fourth-order valence-electron chi connectivity index (χ4n) is 1.32. The Bertz CT molecular complexity index is 148. The van der Waals surface area contributed by atoms with Gasteiger partial charge in [0.1, 0.15) is 0 Å². The Morgan fingerprint density at radius 2 is 2.23 bits per heavy atom. The molecular weight excluding hydrogens is 164 g/mol. The Labute approximate surface area is 81.3 Å². The summed E-state index contributed by atoms with van der Waals surface area (Å²) < 4.78 is 5.18. The van der Waals surface area contributed by atoms with Crippen LogP contribution in [-0.2, 0) is 4.74 Å². The number of nitrogens with one attached hydrogen (secondary N) is 1. The van der Waals surface area contributed by atoms with Gasteiger partial charge in [-0.1, -0.05) is 19.9 Å². The van der Waals surface area contributed by atoms with Crippen LogP contribution in [0.1, 0.15) is 13.8 Å². The van der Waals surface area contributed by atoms with E-state index in [0.29, 0.717) is 19.1 Å². The Kier molecular flexibility index (Phi) is 5.95. The van der Waals surface area contributed by atoms with Crippen LogP contribution >= 0.6 is 0 Å². The minimum atomic E-state index is -0.122. The number of hydrogen-bond donors (Lipinski definition) is 2. The lowest BCUT2D eigenvalue weighted by molar-refractivity contribution is 0.0858. The molecule has 0 aromatic rings. The van der Waals surface area contributed by atoms with Crippen molar-refractivity contribution in [2.24, 2.45) is 11.7 Å². The maximum absolute atomic E-state index is 5.76. The van der Waals surface area contributed by atoms with E-state index < -0.39 is 0 Å². The van der Waals surface area contributed by atoms with Crippen molar-refractivity contribution in [3.05, 3.63) is 12.7 Å². The summed E-state index contributed by atoms with van der Waals surface area (Å²) in [7, 11) is 1.70. The van der Waals surface area contributed by atoms with E-state index in [1.807, 2.05) is 6.08 Å². The number of nitrogens with two attached hydrogens (primary N) is 1. The zero-order chi connectivity index (χ0) is 10.3. The number of methoxy groups -OCH3 is 1. The third-order valence-corrected chi connectivity index (χ3v) is 2.47. The van der Waals surface area contributed by atoms with Gasteiger partial charge in [0.2, 0.25) is 0 Å². The molecule has 78 valence electrons. The Morgan fingerprint density at radius 1 is 1.62 bits per heavy atom. The highest BCUT2D eigenvalue weighted by atomic mass is 16.5. The van der Waals surface area contributed by atoms with E-state index in [1.165, 1.54) is 0 Å². The highest BCUT2D eigenvalue weighted by Crippen LogP contribution is 2.15. The predicted octanol–water partition coefficient (Wildman–Crippen LogP) is 0.762. The average molecular weight is 186 g/mol. The maximum Gasteiger partial charge on any atom is 0.0659 e. The Hall–Kier alpha value is -0.380. The fourth-order valence-corrected chi connectivity index (χ4v) is 1.32. The van der Waals surface area contributed by atoms with Crippen LogP contribution in [0.4, 0.5) is 0 Å². The number of hydrogen-bond acceptors (Lipinski definition) is 3. The van der Waals surface area contributed by atoms with Crippen LogP contribution in [0.25, 0.3) is 0 Å². The quantitative estimate of drug-likeness (QED) is 0.577. The first-order valence-corrected chi connectivity index (χ1v) is 4.68. The minimum absolute atomic E-state index is 0.122. The second kappa shape index (κ2) is 6.13. The predicted molar refractivity (Wildman–Crippen MR) is 56.7 cm³/mol. The van der Waals surface area contributed by atoms with Gasteiger partial charge in [0, 0.05) is 20.2 Å². The molecule has 0 amide bonds. The summed E-state index contributed by atoms with van der Waals surface area (Å²) in [6.45, 7) is 9.93. The largest absolute Gasteiger partial charge is 0.383 e. The van der Waals surface area contributed by atoms with Crippen LogP contribution in [-0.4, -0.2) is 32.3 Å². The smallest absolute Gasteiger partial charge is 0.0659 e. The molecule has 0 saturated heterocycles. The summed E-state index contributed by atoms with van der Waals surface area (Å²) in [5.41, 5.74) is 5.64. The molecule has 0 aliphatic carbocycles. The molecule has 0 radical (unpaired) electrons. The first-order chi connectivity index (χ1) is 6.13. The molecule has 0 aromatic carbocycles. The van der Waals surface area contributed by atoms with Crippen LogP contribution in [0, 0.1) is 5.92 Å². The van der Waals surface area contributed by atoms with E-state index in [2.05, 4.69) is 25.7 Å². The lowest BCUT2D eigenvalue weighted by Crippen LogP contribution is -2.58. The Morgan fingerprint density at radius 3 is 2.54 bits per heavy atom. The van der Waals surface area contributed by atoms with Gasteiger partial charge in [0.05, 0.1) is 12.1 Å². The second-order valence-corrected chi connectivity index (χ2v) is 3.62. The van der Waals surface area contributed by atoms with Gasteiger partial charge in [0.25, 0.3) is 0 Å². The number of ether oxygens (including phenoxy) is 1. The molecule has 3 N–H and O–H groups in total. The lowest BCUT2D eigenvalue weighted by atomic mass is 9.87. The van der Waals surface area contributed by atoms with Crippen LogP contribution in [0.15, 0.2) is 12.7 Å². The van der Waals surface area contributed by atoms with Crippen LogP contribution < -0.4 is 11.1 Å².